The van der Waals surface area contributed by atoms with Crippen LogP contribution in [0, 0.1) is 0 Å². The SMILES string of the molecule is NNC(=NC1CCCCCC1)C1CCOc2ccccc21. The molecule has 0 radical (unpaired) electrons. The summed E-state index contributed by atoms with van der Waals surface area (Å²) in [7, 11) is 0. The molecule has 1 fully saturated rings. The second kappa shape index (κ2) is 6.94. The molecule has 4 nitrogen and oxygen atoms in total. The number of para-hydroxylation sites is 1. The number of rotatable bonds is 2. The molecular weight excluding hydrogens is 262 g/mol. The van der Waals surface area contributed by atoms with Crippen LogP contribution in [-0.4, -0.2) is 18.5 Å². The van der Waals surface area contributed by atoms with Crippen molar-refractivity contribution in [2.24, 2.45) is 10.8 Å². The highest BCUT2D eigenvalue weighted by Gasteiger charge is 2.26. The molecule has 0 amide bonds. The van der Waals surface area contributed by atoms with E-state index in [1.54, 1.807) is 0 Å². The fraction of sp³-hybridized carbons (Fsp3) is 0.588. The second-order valence-corrected chi connectivity index (χ2v) is 6.03. The number of hydrogen-bond donors (Lipinski definition) is 2. The van der Waals surface area contributed by atoms with Gasteiger partial charge in [-0.1, -0.05) is 43.9 Å². The number of benzene rings is 1. The minimum absolute atomic E-state index is 0.239. The van der Waals surface area contributed by atoms with Crippen molar-refractivity contribution in [1.82, 2.24) is 5.43 Å². The predicted octanol–water partition coefficient (Wildman–Crippen LogP) is 3.14. The summed E-state index contributed by atoms with van der Waals surface area (Å²) in [6.07, 6.45) is 8.58. The maximum absolute atomic E-state index is 5.80. The van der Waals surface area contributed by atoms with Crippen LogP contribution in [0.4, 0.5) is 0 Å². The molecule has 1 atom stereocenters. The van der Waals surface area contributed by atoms with Crippen LogP contribution in [-0.2, 0) is 0 Å². The van der Waals surface area contributed by atoms with E-state index in [2.05, 4.69) is 17.6 Å². The Balaban J connectivity index is 1.83. The number of nitrogens with one attached hydrogen (secondary N) is 1. The molecule has 1 aromatic carbocycles. The van der Waals surface area contributed by atoms with E-state index >= 15 is 0 Å². The van der Waals surface area contributed by atoms with Crippen LogP contribution in [0.1, 0.15) is 56.4 Å². The summed E-state index contributed by atoms with van der Waals surface area (Å²) in [5, 5.41) is 0. The monoisotopic (exact) mass is 287 g/mol. The zero-order chi connectivity index (χ0) is 14.5. The Morgan fingerprint density at radius 3 is 2.62 bits per heavy atom. The smallest absolute Gasteiger partial charge is 0.123 e. The van der Waals surface area contributed by atoms with Gasteiger partial charge in [-0.05, 0) is 25.3 Å². The first-order valence-electron chi connectivity index (χ1n) is 8.14. The van der Waals surface area contributed by atoms with E-state index in [0.29, 0.717) is 6.04 Å². The molecule has 3 N–H and O–H groups in total. The predicted molar refractivity (Wildman–Crippen MR) is 85.5 cm³/mol. The molecule has 1 heterocycles. The molecule has 0 saturated heterocycles. The van der Waals surface area contributed by atoms with Gasteiger partial charge in [-0.25, -0.2) is 5.84 Å². The number of nitrogens with zero attached hydrogens (tertiary/aromatic N) is 1. The fourth-order valence-electron chi connectivity index (χ4n) is 3.44. The Hall–Kier alpha value is -1.55. The summed E-state index contributed by atoms with van der Waals surface area (Å²) >= 11 is 0. The van der Waals surface area contributed by atoms with Crippen molar-refractivity contribution in [1.29, 1.82) is 0 Å². The van der Waals surface area contributed by atoms with E-state index in [1.807, 2.05) is 12.1 Å². The van der Waals surface area contributed by atoms with Gasteiger partial charge in [0.05, 0.1) is 12.6 Å². The van der Waals surface area contributed by atoms with Crippen molar-refractivity contribution >= 4 is 5.84 Å². The first kappa shape index (κ1) is 14.4. The number of fused-ring (bicyclic) bond motifs is 1. The number of aliphatic imine (C=N–C) groups is 1. The number of hydrazine groups is 1. The number of ether oxygens (including phenoxy) is 1. The molecule has 4 heteroatoms. The third-order valence-electron chi connectivity index (χ3n) is 4.58. The van der Waals surface area contributed by atoms with Crippen molar-refractivity contribution in [3.63, 3.8) is 0 Å². The van der Waals surface area contributed by atoms with Crippen LogP contribution in [0.15, 0.2) is 29.3 Å². The van der Waals surface area contributed by atoms with Gasteiger partial charge in [0.25, 0.3) is 0 Å². The average molecular weight is 287 g/mol. The second-order valence-electron chi connectivity index (χ2n) is 6.03. The van der Waals surface area contributed by atoms with Gasteiger partial charge in [-0.2, -0.15) is 0 Å². The Labute approximate surface area is 126 Å². The van der Waals surface area contributed by atoms with Crippen LogP contribution in [0.2, 0.25) is 0 Å². The third kappa shape index (κ3) is 3.38. The Morgan fingerprint density at radius 2 is 1.86 bits per heavy atom. The van der Waals surface area contributed by atoms with Gasteiger partial charge < -0.3 is 10.2 Å². The van der Waals surface area contributed by atoms with Crippen LogP contribution >= 0.6 is 0 Å². The maximum atomic E-state index is 5.80. The Morgan fingerprint density at radius 1 is 1.10 bits per heavy atom. The van der Waals surface area contributed by atoms with E-state index < -0.39 is 0 Å². The molecule has 1 saturated carbocycles. The first-order valence-corrected chi connectivity index (χ1v) is 8.14. The van der Waals surface area contributed by atoms with Gasteiger partial charge in [-0.15, -0.1) is 0 Å². The molecule has 1 unspecified atom stereocenters. The summed E-state index contributed by atoms with van der Waals surface area (Å²) in [6, 6.07) is 8.65. The molecule has 1 aromatic rings. The third-order valence-corrected chi connectivity index (χ3v) is 4.58. The lowest BCUT2D eigenvalue weighted by Gasteiger charge is -2.27. The highest BCUT2D eigenvalue weighted by Crippen LogP contribution is 2.34. The molecule has 0 bridgehead atoms. The van der Waals surface area contributed by atoms with Crippen molar-refractivity contribution in [2.45, 2.75) is 56.9 Å². The van der Waals surface area contributed by atoms with Gasteiger partial charge in [0.15, 0.2) is 0 Å². The highest BCUT2D eigenvalue weighted by molar-refractivity contribution is 5.89. The molecule has 1 aliphatic heterocycles. The van der Waals surface area contributed by atoms with E-state index in [-0.39, 0.29) is 5.92 Å². The summed E-state index contributed by atoms with van der Waals surface area (Å²) in [5.41, 5.74) is 4.08. The van der Waals surface area contributed by atoms with Gasteiger partial charge in [0, 0.05) is 11.5 Å². The van der Waals surface area contributed by atoms with Crippen molar-refractivity contribution in [3.8, 4) is 5.75 Å². The van der Waals surface area contributed by atoms with E-state index in [1.165, 1.54) is 44.1 Å². The maximum Gasteiger partial charge on any atom is 0.123 e. The van der Waals surface area contributed by atoms with E-state index in [0.717, 1.165) is 24.6 Å². The lowest BCUT2D eigenvalue weighted by atomic mass is 9.92. The van der Waals surface area contributed by atoms with Crippen LogP contribution in [0.25, 0.3) is 0 Å². The summed E-state index contributed by atoms with van der Waals surface area (Å²) < 4.78 is 5.73. The van der Waals surface area contributed by atoms with Crippen LogP contribution in [0.5, 0.6) is 5.75 Å². The molecular formula is C17H25N3O. The average Bonchev–Trinajstić information content (AvgIpc) is 2.81. The quantitative estimate of drug-likeness (QED) is 0.289. The molecule has 114 valence electrons. The largest absolute Gasteiger partial charge is 0.493 e. The van der Waals surface area contributed by atoms with Crippen molar-refractivity contribution in [3.05, 3.63) is 29.8 Å². The standard InChI is InChI=1S/C17H25N3O/c18-20-17(19-13-7-3-1-2-4-8-13)15-11-12-21-16-10-6-5-9-14(15)16/h5-6,9-10,13,15H,1-4,7-8,11-12,18H2,(H,19,20). The van der Waals surface area contributed by atoms with Crippen molar-refractivity contribution < 1.29 is 4.74 Å². The Bertz CT molecular complexity index is 493. The normalized spacial score (nSPS) is 23.9. The minimum Gasteiger partial charge on any atom is -0.493 e. The molecule has 21 heavy (non-hydrogen) atoms. The lowest BCUT2D eigenvalue weighted by Crippen LogP contribution is -2.38. The number of hydrogen-bond acceptors (Lipinski definition) is 3. The Kier molecular flexibility index (Phi) is 4.76. The first-order chi connectivity index (χ1) is 10.4. The molecule has 3 rings (SSSR count). The van der Waals surface area contributed by atoms with Gasteiger partial charge in [0.2, 0.25) is 0 Å². The van der Waals surface area contributed by atoms with E-state index in [9.17, 15) is 0 Å². The highest BCUT2D eigenvalue weighted by atomic mass is 16.5. The van der Waals surface area contributed by atoms with E-state index in [4.69, 9.17) is 15.6 Å². The molecule has 0 spiro atoms. The zero-order valence-corrected chi connectivity index (χ0v) is 12.6. The topological polar surface area (TPSA) is 59.6 Å². The van der Waals surface area contributed by atoms with Crippen molar-refractivity contribution in [2.75, 3.05) is 6.61 Å². The fourth-order valence-corrected chi connectivity index (χ4v) is 3.44. The zero-order valence-electron chi connectivity index (χ0n) is 12.6. The minimum atomic E-state index is 0.239. The summed E-state index contributed by atoms with van der Waals surface area (Å²) in [4.78, 5) is 4.96. The summed E-state index contributed by atoms with van der Waals surface area (Å²) in [5.74, 6) is 7.93. The summed E-state index contributed by atoms with van der Waals surface area (Å²) in [6.45, 7) is 0.729. The lowest BCUT2D eigenvalue weighted by molar-refractivity contribution is 0.281. The molecule has 0 aromatic heterocycles. The van der Waals surface area contributed by atoms with Gasteiger partial charge in [0.1, 0.15) is 11.6 Å². The number of amidine groups is 1. The number of nitrogens with two attached hydrogens (primary N) is 1. The molecule has 1 aliphatic carbocycles. The van der Waals surface area contributed by atoms with Crippen LogP contribution < -0.4 is 16.0 Å². The van der Waals surface area contributed by atoms with Crippen LogP contribution in [0.3, 0.4) is 0 Å². The molecule has 2 aliphatic rings. The van der Waals surface area contributed by atoms with Gasteiger partial charge in [-0.3, -0.25) is 4.99 Å². The van der Waals surface area contributed by atoms with Gasteiger partial charge >= 0.3 is 0 Å².